The van der Waals surface area contributed by atoms with Crippen molar-refractivity contribution < 1.29 is 24.9 Å². The van der Waals surface area contributed by atoms with Gasteiger partial charge >= 0.3 is 5.97 Å². The Kier molecular flexibility index (Phi) is 7.57. The molecule has 0 aliphatic heterocycles. The molecular formula is C9H17NO5. The summed E-state index contributed by atoms with van der Waals surface area (Å²) >= 11 is 0. The van der Waals surface area contributed by atoms with E-state index in [2.05, 4.69) is 5.32 Å². The van der Waals surface area contributed by atoms with Gasteiger partial charge < -0.3 is 20.6 Å². The second-order valence-electron chi connectivity index (χ2n) is 3.23. The van der Waals surface area contributed by atoms with Crippen molar-refractivity contribution in [2.24, 2.45) is 0 Å². The molecule has 0 unspecified atom stereocenters. The van der Waals surface area contributed by atoms with E-state index in [0.717, 1.165) is 0 Å². The van der Waals surface area contributed by atoms with Gasteiger partial charge in [0, 0.05) is 12.8 Å². The van der Waals surface area contributed by atoms with Crippen molar-refractivity contribution in [1.29, 1.82) is 0 Å². The normalized spacial score (nSPS) is 10.3. The Morgan fingerprint density at radius 2 is 1.60 bits per heavy atom. The number of aliphatic hydroxyl groups excluding tert-OH is 2. The summed E-state index contributed by atoms with van der Waals surface area (Å²) in [4.78, 5) is 21.3. The van der Waals surface area contributed by atoms with E-state index >= 15 is 0 Å². The predicted octanol–water partition coefficient (Wildman–Crippen LogP) is -0.899. The number of carboxylic acid groups (broad SMARTS) is 1. The van der Waals surface area contributed by atoms with E-state index in [1.165, 1.54) is 0 Å². The zero-order chi connectivity index (χ0) is 11.7. The van der Waals surface area contributed by atoms with Gasteiger partial charge in [-0.25, -0.2) is 0 Å². The molecule has 0 saturated heterocycles. The van der Waals surface area contributed by atoms with E-state index in [0.29, 0.717) is 12.8 Å². The van der Waals surface area contributed by atoms with E-state index < -0.39 is 12.0 Å². The predicted molar refractivity (Wildman–Crippen MR) is 52.2 cm³/mol. The lowest BCUT2D eigenvalue weighted by atomic mass is 10.2. The lowest BCUT2D eigenvalue weighted by molar-refractivity contribution is -0.137. The number of hydrogen-bond donors (Lipinski definition) is 4. The number of carbonyl (C=O) groups is 2. The van der Waals surface area contributed by atoms with Crippen LogP contribution in [-0.4, -0.2) is 46.5 Å². The zero-order valence-corrected chi connectivity index (χ0v) is 8.48. The summed E-state index contributed by atoms with van der Waals surface area (Å²) in [5.41, 5.74) is 0. The molecular weight excluding hydrogens is 202 g/mol. The summed E-state index contributed by atoms with van der Waals surface area (Å²) in [6.07, 6.45) is 1.20. The van der Waals surface area contributed by atoms with Crippen LogP contribution in [0.4, 0.5) is 0 Å². The topological polar surface area (TPSA) is 107 Å². The molecule has 0 radical (unpaired) electrons. The van der Waals surface area contributed by atoms with Crippen molar-refractivity contribution in [2.45, 2.75) is 31.7 Å². The fraction of sp³-hybridized carbons (Fsp3) is 0.778. The summed E-state index contributed by atoms with van der Waals surface area (Å²) in [6, 6.07) is -0.628. The fourth-order valence-electron chi connectivity index (χ4n) is 1.01. The van der Waals surface area contributed by atoms with Crippen molar-refractivity contribution in [1.82, 2.24) is 5.32 Å². The molecule has 0 aromatic rings. The van der Waals surface area contributed by atoms with Crippen LogP contribution in [0.3, 0.4) is 0 Å². The van der Waals surface area contributed by atoms with Crippen LogP contribution >= 0.6 is 0 Å². The largest absolute Gasteiger partial charge is 0.481 e. The highest BCUT2D eigenvalue weighted by Crippen LogP contribution is 1.99. The molecule has 1 amide bonds. The van der Waals surface area contributed by atoms with E-state index in [4.69, 9.17) is 15.3 Å². The summed E-state index contributed by atoms with van der Waals surface area (Å²) in [7, 11) is 0. The number of carbonyl (C=O) groups excluding carboxylic acids is 1. The number of rotatable bonds is 8. The molecule has 0 aromatic heterocycles. The Hall–Kier alpha value is -1.14. The van der Waals surface area contributed by atoms with Crippen molar-refractivity contribution >= 4 is 11.9 Å². The molecule has 0 heterocycles. The highest BCUT2D eigenvalue weighted by Gasteiger charge is 2.09. The van der Waals surface area contributed by atoms with Crippen LogP contribution in [0.2, 0.25) is 0 Å². The Morgan fingerprint density at radius 1 is 1.07 bits per heavy atom. The molecule has 0 bridgehead atoms. The van der Waals surface area contributed by atoms with Crippen molar-refractivity contribution in [3.8, 4) is 0 Å². The zero-order valence-electron chi connectivity index (χ0n) is 8.48. The van der Waals surface area contributed by atoms with Gasteiger partial charge in [-0.2, -0.15) is 0 Å². The molecule has 6 nitrogen and oxygen atoms in total. The molecule has 4 N–H and O–H groups in total. The Labute approximate surface area is 87.9 Å². The number of aliphatic carboxylic acids is 1. The van der Waals surface area contributed by atoms with Gasteiger partial charge in [0.05, 0.1) is 19.3 Å². The van der Waals surface area contributed by atoms with Gasteiger partial charge in [-0.05, 0) is 12.8 Å². The van der Waals surface area contributed by atoms with E-state index in [9.17, 15) is 9.59 Å². The third kappa shape index (κ3) is 7.90. The molecule has 0 atom stereocenters. The quantitative estimate of drug-likeness (QED) is 0.396. The number of unbranched alkanes of at least 4 members (excludes halogenated alkanes) is 1. The van der Waals surface area contributed by atoms with Gasteiger partial charge in [-0.1, -0.05) is 0 Å². The van der Waals surface area contributed by atoms with E-state index in [1.807, 2.05) is 0 Å². The van der Waals surface area contributed by atoms with Crippen LogP contribution in [0.5, 0.6) is 0 Å². The second kappa shape index (κ2) is 8.19. The second-order valence-corrected chi connectivity index (χ2v) is 3.23. The first-order valence-corrected chi connectivity index (χ1v) is 4.83. The van der Waals surface area contributed by atoms with Crippen molar-refractivity contribution in [3.63, 3.8) is 0 Å². The summed E-state index contributed by atoms with van der Waals surface area (Å²) in [5.74, 6) is -1.16. The van der Waals surface area contributed by atoms with Crippen molar-refractivity contribution in [2.75, 3.05) is 13.2 Å². The SMILES string of the molecule is O=C(O)CCCCC(=O)NC(CO)CO. The first-order chi connectivity index (χ1) is 7.10. The van der Waals surface area contributed by atoms with Crippen LogP contribution in [0, 0.1) is 0 Å². The summed E-state index contributed by atoms with van der Waals surface area (Å²) in [6.45, 7) is -0.616. The lowest BCUT2D eigenvalue weighted by Gasteiger charge is -2.12. The molecule has 0 aromatic carbocycles. The number of aliphatic hydroxyl groups is 2. The third-order valence-electron chi connectivity index (χ3n) is 1.85. The van der Waals surface area contributed by atoms with Crippen LogP contribution < -0.4 is 5.32 Å². The molecule has 0 saturated carbocycles. The van der Waals surface area contributed by atoms with Crippen LogP contribution in [0.25, 0.3) is 0 Å². The van der Waals surface area contributed by atoms with Crippen LogP contribution in [0.15, 0.2) is 0 Å². The standard InChI is InChI=1S/C9H17NO5/c11-5-7(6-12)10-8(13)3-1-2-4-9(14)15/h7,11-12H,1-6H2,(H,10,13)(H,14,15). The highest BCUT2D eigenvalue weighted by atomic mass is 16.4. The molecule has 0 aliphatic carbocycles. The molecule has 0 fully saturated rings. The number of hydrogen-bond acceptors (Lipinski definition) is 4. The summed E-state index contributed by atoms with van der Waals surface area (Å²) < 4.78 is 0. The molecule has 88 valence electrons. The minimum Gasteiger partial charge on any atom is -0.481 e. The average Bonchev–Trinajstić information content (AvgIpc) is 2.20. The number of carboxylic acids is 1. The van der Waals surface area contributed by atoms with Gasteiger partial charge in [0.2, 0.25) is 5.91 Å². The maximum Gasteiger partial charge on any atom is 0.303 e. The first kappa shape index (κ1) is 13.9. The number of amides is 1. The Bertz CT molecular complexity index is 203. The van der Waals surface area contributed by atoms with Crippen molar-refractivity contribution in [3.05, 3.63) is 0 Å². The molecule has 15 heavy (non-hydrogen) atoms. The number of nitrogens with one attached hydrogen (secondary N) is 1. The maximum absolute atomic E-state index is 11.1. The minimum absolute atomic E-state index is 0.0523. The Morgan fingerprint density at radius 3 is 2.07 bits per heavy atom. The van der Waals surface area contributed by atoms with E-state index in [-0.39, 0.29) is 32.0 Å². The van der Waals surface area contributed by atoms with Crippen LogP contribution in [-0.2, 0) is 9.59 Å². The van der Waals surface area contributed by atoms with Gasteiger partial charge in [-0.3, -0.25) is 9.59 Å². The average molecular weight is 219 g/mol. The fourth-order valence-corrected chi connectivity index (χ4v) is 1.01. The smallest absolute Gasteiger partial charge is 0.303 e. The van der Waals surface area contributed by atoms with Crippen LogP contribution in [0.1, 0.15) is 25.7 Å². The van der Waals surface area contributed by atoms with Gasteiger partial charge in [-0.15, -0.1) is 0 Å². The van der Waals surface area contributed by atoms with Gasteiger partial charge in [0.25, 0.3) is 0 Å². The molecule has 0 spiro atoms. The lowest BCUT2D eigenvalue weighted by Crippen LogP contribution is -2.39. The first-order valence-electron chi connectivity index (χ1n) is 4.83. The third-order valence-corrected chi connectivity index (χ3v) is 1.85. The van der Waals surface area contributed by atoms with Gasteiger partial charge in [0.1, 0.15) is 0 Å². The minimum atomic E-state index is -0.876. The Balaban J connectivity index is 3.52. The molecule has 0 rings (SSSR count). The van der Waals surface area contributed by atoms with E-state index in [1.54, 1.807) is 0 Å². The molecule has 6 heteroatoms. The molecule has 0 aliphatic rings. The highest BCUT2D eigenvalue weighted by molar-refractivity contribution is 5.76. The van der Waals surface area contributed by atoms with Gasteiger partial charge in [0.15, 0.2) is 0 Å². The monoisotopic (exact) mass is 219 g/mol. The maximum atomic E-state index is 11.1. The summed E-state index contributed by atoms with van der Waals surface area (Å²) in [5, 5.41) is 28.1.